The number of rotatable bonds is 3. The molecule has 3 aliphatic rings. The van der Waals surface area contributed by atoms with E-state index in [1.807, 2.05) is 50.4 Å². The highest BCUT2D eigenvalue weighted by Gasteiger charge is 2.38. The topological polar surface area (TPSA) is 87.4 Å². The van der Waals surface area contributed by atoms with E-state index in [0.717, 1.165) is 48.6 Å². The van der Waals surface area contributed by atoms with Gasteiger partial charge in [0, 0.05) is 24.8 Å². The molecule has 1 atom stereocenters. The van der Waals surface area contributed by atoms with Crippen LogP contribution in [0.4, 0.5) is 5.82 Å². The molecule has 0 radical (unpaired) electrons. The van der Waals surface area contributed by atoms with Crippen LogP contribution in [0.3, 0.4) is 0 Å². The van der Waals surface area contributed by atoms with Crippen LogP contribution in [0.15, 0.2) is 36.4 Å². The third kappa shape index (κ3) is 6.06. The maximum atomic E-state index is 13.2. The van der Waals surface area contributed by atoms with Crippen LogP contribution in [0.1, 0.15) is 74.7 Å². The summed E-state index contributed by atoms with van der Waals surface area (Å²) >= 11 is 0. The Labute approximate surface area is 236 Å². The first-order valence-corrected chi connectivity index (χ1v) is 13.9. The normalized spacial score (nSPS) is 19.3. The number of anilines is 1. The summed E-state index contributed by atoms with van der Waals surface area (Å²) in [6.07, 6.45) is 4.86. The summed E-state index contributed by atoms with van der Waals surface area (Å²) in [6, 6.07) is 10.2. The standard InChI is InChI=1S/C31H40N4O5/c1-21-26(27(29(36)37-6)40-30(2,3)4)28-34-15-13-31(5,14-16-34)39-17-9-12-22-10-7-8-11-23(22)19-38-20-24-18-25(32-21)35(28)33-24/h7-12,18,27H,13-17,19-20H2,1-6H3/b12-9+/t27-/m0/s1. The average Bonchev–Trinajstić information content (AvgIpc) is 3.31. The average molecular weight is 549 g/mol. The lowest BCUT2D eigenvalue weighted by Gasteiger charge is -2.41. The van der Waals surface area contributed by atoms with E-state index < -0.39 is 17.7 Å². The number of esters is 1. The van der Waals surface area contributed by atoms with Crippen LogP contribution < -0.4 is 4.90 Å². The van der Waals surface area contributed by atoms with E-state index in [-0.39, 0.29) is 5.60 Å². The molecule has 0 spiro atoms. The Balaban J connectivity index is 1.62. The zero-order chi connectivity index (χ0) is 28.5. The van der Waals surface area contributed by atoms with Crippen molar-refractivity contribution in [1.29, 1.82) is 0 Å². The van der Waals surface area contributed by atoms with Crippen molar-refractivity contribution in [3.05, 3.63) is 64.5 Å². The van der Waals surface area contributed by atoms with E-state index in [4.69, 9.17) is 29.0 Å². The van der Waals surface area contributed by atoms with Crippen molar-refractivity contribution >= 4 is 23.5 Å². The van der Waals surface area contributed by atoms with Crippen molar-refractivity contribution in [1.82, 2.24) is 14.6 Å². The number of nitrogens with zero attached hydrogens (tertiary/aromatic N) is 4. The summed E-state index contributed by atoms with van der Waals surface area (Å²) < 4.78 is 25.9. The molecule has 6 rings (SSSR count). The first kappa shape index (κ1) is 28.3. The summed E-state index contributed by atoms with van der Waals surface area (Å²) in [7, 11) is 1.38. The number of carbonyl (C=O) groups excluding carboxylic acids is 1. The number of aromatic nitrogens is 3. The van der Waals surface area contributed by atoms with E-state index in [1.54, 1.807) is 0 Å². The van der Waals surface area contributed by atoms with Gasteiger partial charge in [-0.3, -0.25) is 0 Å². The number of ether oxygens (including phenoxy) is 4. The second kappa shape index (κ2) is 11.3. The summed E-state index contributed by atoms with van der Waals surface area (Å²) in [5, 5.41) is 4.93. The van der Waals surface area contributed by atoms with Gasteiger partial charge in [0.05, 0.1) is 49.4 Å². The molecule has 9 nitrogen and oxygen atoms in total. The number of methoxy groups -OCH3 is 1. The SMILES string of the molecule is COC(=O)[C@@H](OC(C)(C)C)c1c(C)nc2cc3nn2c1N1CCC(C)(CC1)OC/C=C/c1ccccc1COC3. The summed E-state index contributed by atoms with van der Waals surface area (Å²) in [5.74, 6) is 0.329. The zero-order valence-corrected chi connectivity index (χ0v) is 24.4. The number of hydrogen-bond acceptors (Lipinski definition) is 8. The molecular formula is C31H40N4O5. The molecule has 40 heavy (non-hydrogen) atoms. The van der Waals surface area contributed by atoms with E-state index in [2.05, 4.69) is 36.1 Å². The van der Waals surface area contributed by atoms with Gasteiger partial charge in [-0.1, -0.05) is 36.4 Å². The Kier molecular flexibility index (Phi) is 7.99. The van der Waals surface area contributed by atoms with E-state index in [0.29, 0.717) is 36.7 Å². The van der Waals surface area contributed by atoms with Crippen molar-refractivity contribution < 1.29 is 23.7 Å². The monoisotopic (exact) mass is 548 g/mol. The van der Waals surface area contributed by atoms with Gasteiger partial charge in [0.15, 0.2) is 11.8 Å². The van der Waals surface area contributed by atoms with Crippen LogP contribution >= 0.6 is 0 Å². The fourth-order valence-electron chi connectivity index (χ4n) is 5.38. The van der Waals surface area contributed by atoms with E-state index in [1.165, 1.54) is 7.11 Å². The first-order valence-electron chi connectivity index (χ1n) is 13.9. The molecule has 3 aliphatic heterocycles. The summed E-state index contributed by atoms with van der Waals surface area (Å²) in [5.41, 5.74) is 4.19. The van der Waals surface area contributed by atoms with Crippen molar-refractivity contribution in [3.63, 3.8) is 0 Å². The zero-order valence-electron chi connectivity index (χ0n) is 24.4. The first-order chi connectivity index (χ1) is 19.1. The fourth-order valence-corrected chi connectivity index (χ4v) is 5.38. The van der Waals surface area contributed by atoms with Crippen LogP contribution in [0, 0.1) is 6.92 Å². The molecule has 214 valence electrons. The molecule has 1 fully saturated rings. The minimum Gasteiger partial charge on any atom is -0.467 e. The van der Waals surface area contributed by atoms with Crippen molar-refractivity contribution in [2.24, 2.45) is 0 Å². The van der Waals surface area contributed by atoms with Crippen LogP contribution in [0.2, 0.25) is 0 Å². The maximum Gasteiger partial charge on any atom is 0.339 e. The summed E-state index contributed by atoms with van der Waals surface area (Å²) in [4.78, 5) is 20.3. The van der Waals surface area contributed by atoms with Gasteiger partial charge >= 0.3 is 5.97 Å². The third-order valence-corrected chi connectivity index (χ3v) is 7.51. The minimum absolute atomic E-state index is 0.266. The highest BCUT2D eigenvalue weighted by molar-refractivity contribution is 5.80. The lowest BCUT2D eigenvalue weighted by atomic mass is 9.92. The number of carbonyl (C=O) groups is 1. The molecule has 2 aromatic heterocycles. The second-order valence-corrected chi connectivity index (χ2v) is 11.8. The molecule has 0 N–H and O–H groups in total. The van der Waals surface area contributed by atoms with Crippen molar-refractivity contribution in [3.8, 4) is 0 Å². The highest BCUT2D eigenvalue weighted by Crippen LogP contribution is 2.38. The highest BCUT2D eigenvalue weighted by atomic mass is 16.6. The van der Waals surface area contributed by atoms with Crippen LogP contribution in [-0.2, 0) is 37.0 Å². The van der Waals surface area contributed by atoms with Gasteiger partial charge in [-0.2, -0.15) is 9.61 Å². The minimum atomic E-state index is -0.957. The van der Waals surface area contributed by atoms with Gasteiger partial charge in [0.1, 0.15) is 5.82 Å². The molecule has 9 heteroatoms. The predicted octanol–water partition coefficient (Wildman–Crippen LogP) is 5.19. The van der Waals surface area contributed by atoms with Crippen molar-refractivity contribution in [2.45, 2.75) is 78.0 Å². The largest absolute Gasteiger partial charge is 0.467 e. The smallest absolute Gasteiger partial charge is 0.339 e. The number of fused-ring (bicyclic) bond motifs is 6. The molecule has 0 saturated carbocycles. The maximum absolute atomic E-state index is 13.2. The number of benzene rings is 1. The lowest BCUT2D eigenvalue weighted by Crippen LogP contribution is -2.45. The Morgan fingerprint density at radius 3 is 2.62 bits per heavy atom. The second-order valence-electron chi connectivity index (χ2n) is 11.8. The quantitative estimate of drug-likeness (QED) is 0.414. The number of piperidine rings is 1. The Hall–Kier alpha value is -3.27. The lowest BCUT2D eigenvalue weighted by molar-refractivity contribution is -0.164. The molecule has 3 aromatic rings. The Morgan fingerprint density at radius 1 is 1.15 bits per heavy atom. The van der Waals surface area contributed by atoms with Gasteiger partial charge in [-0.25, -0.2) is 9.78 Å². The Morgan fingerprint density at radius 2 is 1.90 bits per heavy atom. The van der Waals surface area contributed by atoms with Gasteiger partial charge in [-0.15, -0.1) is 0 Å². The van der Waals surface area contributed by atoms with Gasteiger partial charge in [0.25, 0.3) is 0 Å². The molecule has 0 unspecified atom stereocenters. The van der Waals surface area contributed by atoms with Crippen LogP contribution in [-0.4, -0.2) is 58.6 Å². The molecular weight excluding hydrogens is 508 g/mol. The van der Waals surface area contributed by atoms with Gasteiger partial charge in [-0.05, 0) is 58.6 Å². The summed E-state index contributed by atoms with van der Waals surface area (Å²) in [6.45, 7) is 12.6. The Bertz CT molecular complexity index is 1400. The van der Waals surface area contributed by atoms with E-state index >= 15 is 0 Å². The molecule has 1 aromatic carbocycles. The number of aryl methyl sites for hydroxylation is 1. The molecule has 5 heterocycles. The van der Waals surface area contributed by atoms with Crippen LogP contribution in [0.25, 0.3) is 11.7 Å². The molecule has 0 aliphatic carbocycles. The molecule has 0 amide bonds. The van der Waals surface area contributed by atoms with Crippen molar-refractivity contribution in [2.75, 3.05) is 31.7 Å². The molecule has 1 saturated heterocycles. The van der Waals surface area contributed by atoms with Gasteiger partial charge in [0.2, 0.25) is 0 Å². The fraction of sp³-hybridized carbons (Fsp3) is 0.516. The molecule has 4 bridgehead atoms. The number of hydrogen-bond donors (Lipinski definition) is 0. The van der Waals surface area contributed by atoms with Gasteiger partial charge < -0.3 is 23.8 Å². The predicted molar refractivity (Wildman–Crippen MR) is 153 cm³/mol. The van der Waals surface area contributed by atoms with E-state index in [9.17, 15) is 4.79 Å². The van der Waals surface area contributed by atoms with Crippen LogP contribution in [0.5, 0.6) is 0 Å². The third-order valence-electron chi connectivity index (χ3n) is 7.51.